The Morgan fingerprint density at radius 1 is 1.35 bits per heavy atom. The van der Waals surface area contributed by atoms with E-state index in [9.17, 15) is 9.90 Å². The topological polar surface area (TPSA) is 64.0 Å². The highest BCUT2D eigenvalue weighted by Crippen LogP contribution is 2.24. The van der Waals surface area contributed by atoms with Gasteiger partial charge in [-0.3, -0.25) is 14.6 Å². The van der Waals surface area contributed by atoms with Crippen LogP contribution in [-0.4, -0.2) is 58.2 Å². The van der Waals surface area contributed by atoms with Crippen molar-refractivity contribution in [2.24, 2.45) is 0 Å². The molecule has 1 aliphatic heterocycles. The van der Waals surface area contributed by atoms with Crippen molar-refractivity contribution in [1.29, 1.82) is 0 Å². The molecule has 0 bridgehead atoms. The van der Waals surface area contributed by atoms with Gasteiger partial charge < -0.3 is 10.2 Å². The number of phenols is 1. The molecule has 110 valence electrons. The number of hydrogen-bond donors (Lipinski definition) is 2. The second-order valence-corrected chi connectivity index (χ2v) is 5.52. The normalized spacial score (nSPS) is 18.9. The van der Waals surface area contributed by atoms with Crippen LogP contribution < -0.4 is 0 Å². The van der Waals surface area contributed by atoms with Gasteiger partial charge in [0.1, 0.15) is 11.8 Å². The molecule has 0 radical (unpaired) electrons. The minimum atomic E-state index is -0.774. The molecule has 1 heterocycles. The van der Waals surface area contributed by atoms with E-state index >= 15 is 0 Å². The van der Waals surface area contributed by atoms with Crippen LogP contribution in [0.2, 0.25) is 5.02 Å². The zero-order valence-corrected chi connectivity index (χ0v) is 12.2. The molecule has 0 amide bonds. The minimum absolute atomic E-state index is 0.0931. The number of phenolic OH excluding ortho intramolecular Hbond substituents is 1. The highest BCUT2D eigenvalue weighted by atomic mass is 35.5. The Hall–Kier alpha value is -1.30. The lowest BCUT2D eigenvalue weighted by Gasteiger charge is -2.36. The molecule has 2 N–H and O–H groups in total. The van der Waals surface area contributed by atoms with E-state index in [4.69, 9.17) is 16.7 Å². The van der Waals surface area contributed by atoms with Crippen molar-refractivity contribution in [2.75, 3.05) is 26.2 Å². The van der Waals surface area contributed by atoms with Gasteiger partial charge in [-0.05, 0) is 24.6 Å². The van der Waals surface area contributed by atoms with Crippen LogP contribution in [0, 0.1) is 0 Å². The third kappa shape index (κ3) is 3.62. The van der Waals surface area contributed by atoms with E-state index in [0.29, 0.717) is 5.02 Å². The second kappa shape index (κ2) is 6.43. The fraction of sp³-hybridized carbons (Fsp3) is 0.500. The largest absolute Gasteiger partial charge is 0.506 e. The van der Waals surface area contributed by atoms with Gasteiger partial charge in [0.05, 0.1) is 5.02 Å². The van der Waals surface area contributed by atoms with Crippen molar-refractivity contribution in [1.82, 2.24) is 9.80 Å². The summed E-state index contributed by atoms with van der Waals surface area (Å²) < 4.78 is 0. The molecule has 1 aromatic rings. The quantitative estimate of drug-likeness (QED) is 0.885. The number of carboxylic acids is 1. The van der Waals surface area contributed by atoms with Crippen LogP contribution in [0.3, 0.4) is 0 Å². The maximum Gasteiger partial charge on any atom is 0.320 e. The molecule has 1 atom stereocenters. The number of benzene rings is 1. The predicted octanol–water partition coefficient (Wildman–Crippen LogP) is 1.64. The number of aliphatic carboxylic acids is 1. The van der Waals surface area contributed by atoms with Crippen molar-refractivity contribution < 1.29 is 15.0 Å². The van der Waals surface area contributed by atoms with E-state index in [1.165, 1.54) is 0 Å². The third-order valence-corrected chi connectivity index (χ3v) is 4.03. The number of nitrogens with zero attached hydrogens (tertiary/aromatic N) is 2. The van der Waals surface area contributed by atoms with Gasteiger partial charge in [-0.15, -0.1) is 0 Å². The summed E-state index contributed by atoms with van der Waals surface area (Å²) in [6.45, 7) is 5.64. The Balaban J connectivity index is 1.88. The van der Waals surface area contributed by atoms with Gasteiger partial charge in [-0.2, -0.15) is 0 Å². The standard InChI is InChI=1S/C14H19ClN2O3/c1-10(14(19)20)17-6-4-16(5-7-17)9-11-2-3-13(18)12(15)8-11/h2-3,8,10,18H,4-7,9H2,1H3,(H,19,20). The van der Waals surface area contributed by atoms with E-state index < -0.39 is 12.0 Å². The van der Waals surface area contributed by atoms with Crippen LogP contribution in [0.5, 0.6) is 5.75 Å². The van der Waals surface area contributed by atoms with Gasteiger partial charge >= 0.3 is 5.97 Å². The Kier molecular flexibility index (Phi) is 4.86. The molecule has 6 heteroatoms. The van der Waals surface area contributed by atoms with Gasteiger partial charge in [0.2, 0.25) is 0 Å². The lowest BCUT2D eigenvalue weighted by atomic mass is 10.1. The van der Waals surface area contributed by atoms with Crippen LogP contribution in [-0.2, 0) is 11.3 Å². The summed E-state index contributed by atoms with van der Waals surface area (Å²) in [5.41, 5.74) is 1.05. The molecule has 1 saturated heterocycles. The van der Waals surface area contributed by atoms with Crippen LogP contribution >= 0.6 is 11.6 Å². The number of piperazine rings is 1. The van der Waals surface area contributed by atoms with E-state index in [1.807, 2.05) is 11.0 Å². The van der Waals surface area contributed by atoms with Crippen LogP contribution in [0.25, 0.3) is 0 Å². The summed E-state index contributed by atoms with van der Waals surface area (Å²) in [6, 6.07) is 4.79. The first kappa shape index (κ1) is 15.1. The SMILES string of the molecule is CC(C(=O)O)N1CCN(Cc2ccc(O)c(Cl)c2)CC1. The Bertz CT molecular complexity index is 487. The molecule has 1 aromatic carbocycles. The maximum absolute atomic E-state index is 10.9. The summed E-state index contributed by atoms with van der Waals surface area (Å²) in [5, 5.41) is 18.7. The fourth-order valence-corrected chi connectivity index (χ4v) is 2.58. The zero-order chi connectivity index (χ0) is 14.7. The van der Waals surface area contributed by atoms with E-state index in [2.05, 4.69) is 4.90 Å². The Morgan fingerprint density at radius 3 is 2.55 bits per heavy atom. The van der Waals surface area contributed by atoms with Crippen LogP contribution in [0.15, 0.2) is 18.2 Å². The summed E-state index contributed by atoms with van der Waals surface area (Å²) in [5.74, 6) is -0.681. The van der Waals surface area contributed by atoms with Crippen LogP contribution in [0.4, 0.5) is 0 Å². The first-order chi connectivity index (χ1) is 9.47. The second-order valence-electron chi connectivity index (χ2n) is 5.11. The summed E-state index contributed by atoms with van der Waals surface area (Å²) in [6.07, 6.45) is 0. The molecule has 2 rings (SSSR count). The highest BCUT2D eigenvalue weighted by Gasteiger charge is 2.25. The number of rotatable bonds is 4. The summed E-state index contributed by atoms with van der Waals surface area (Å²) in [4.78, 5) is 15.2. The van der Waals surface area contributed by atoms with Crippen LogP contribution in [0.1, 0.15) is 12.5 Å². The number of hydrogen-bond acceptors (Lipinski definition) is 4. The average molecular weight is 299 g/mol. The highest BCUT2D eigenvalue weighted by molar-refractivity contribution is 6.32. The van der Waals surface area contributed by atoms with Gasteiger partial charge in [0.15, 0.2) is 0 Å². The summed E-state index contributed by atoms with van der Waals surface area (Å²) >= 11 is 5.89. The predicted molar refractivity (Wildman–Crippen MR) is 77.1 cm³/mol. The van der Waals surface area contributed by atoms with Gasteiger partial charge in [-0.25, -0.2) is 0 Å². The van der Waals surface area contributed by atoms with Gasteiger partial charge in [0, 0.05) is 32.7 Å². The van der Waals surface area contributed by atoms with Crippen molar-refractivity contribution in [3.8, 4) is 5.75 Å². The monoisotopic (exact) mass is 298 g/mol. The molecule has 5 nitrogen and oxygen atoms in total. The first-order valence-corrected chi connectivity index (χ1v) is 7.02. The van der Waals surface area contributed by atoms with Crippen molar-refractivity contribution in [3.05, 3.63) is 28.8 Å². The molecule has 0 saturated carbocycles. The Morgan fingerprint density at radius 2 is 2.00 bits per heavy atom. The fourth-order valence-electron chi connectivity index (χ4n) is 2.37. The summed E-state index contributed by atoms with van der Waals surface area (Å²) in [7, 11) is 0. The van der Waals surface area contributed by atoms with Gasteiger partial charge in [0.25, 0.3) is 0 Å². The van der Waals surface area contributed by atoms with Gasteiger partial charge in [-0.1, -0.05) is 17.7 Å². The number of aromatic hydroxyl groups is 1. The first-order valence-electron chi connectivity index (χ1n) is 6.64. The molecular weight excluding hydrogens is 280 g/mol. The lowest BCUT2D eigenvalue weighted by Crippen LogP contribution is -2.51. The molecule has 0 aliphatic carbocycles. The average Bonchev–Trinajstić information content (AvgIpc) is 2.43. The Labute approximate surface area is 123 Å². The lowest BCUT2D eigenvalue weighted by molar-refractivity contribution is -0.143. The smallest absolute Gasteiger partial charge is 0.320 e. The van der Waals surface area contributed by atoms with E-state index in [1.54, 1.807) is 19.1 Å². The van der Waals surface area contributed by atoms with Crippen molar-refractivity contribution in [2.45, 2.75) is 19.5 Å². The number of carboxylic acid groups (broad SMARTS) is 1. The molecule has 1 unspecified atom stereocenters. The molecular formula is C14H19ClN2O3. The molecule has 0 spiro atoms. The maximum atomic E-state index is 10.9. The number of carbonyl (C=O) groups is 1. The molecule has 0 aromatic heterocycles. The van der Waals surface area contributed by atoms with E-state index in [-0.39, 0.29) is 5.75 Å². The minimum Gasteiger partial charge on any atom is -0.506 e. The van der Waals surface area contributed by atoms with E-state index in [0.717, 1.165) is 38.3 Å². The molecule has 20 heavy (non-hydrogen) atoms. The van der Waals surface area contributed by atoms with Crippen molar-refractivity contribution >= 4 is 17.6 Å². The molecule has 1 fully saturated rings. The third-order valence-electron chi connectivity index (χ3n) is 3.73. The number of halogens is 1. The molecule has 1 aliphatic rings. The zero-order valence-electron chi connectivity index (χ0n) is 11.4. The van der Waals surface area contributed by atoms with Crippen molar-refractivity contribution in [3.63, 3.8) is 0 Å².